The molecular formula is C9H16BrN3O. The lowest BCUT2D eigenvalue weighted by Crippen LogP contribution is -2.06. The zero-order valence-electron chi connectivity index (χ0n) is 8.59. The molecule has 0 saturated carbocycles. The van der Waals surface area contributed by atoms with Crippen LogP contribution in [0.1, 0.15) is 17.8 Å². The maximum absolute atomic E-state index is 5.46. The number of hydrogen-bond donors (Lipinski definition) is 1. The lowest BCUT2D eigenvalue weighted by atomic mass is 10.4. The van der Waals surface area contributed by atoms with Crippen LogP contribution in [0.15, 0.2) is 4.47 Å². The molecule has 1 aromatic heterocycles. The highest BCUT2D eigenvalue weighted by molar-refractivity contribution is 9.10. The van der Waals surface area contributed by atoms with E-state index >= 15 is 0 Å². The monoisotopic (exact) mass is 261 g/mol. The summed E-state index contributed by atoms with van der Waals surface area (Å²) in [5.41, 5.74) is 7.42. The fraction of sp³-hybridized carbons (Fsp3) is 0.667. The minimum Gasteiger partial charge on any atom is -0.375 e. The summed E-state index contributed by atoms with van der Waals surface area (Å²) >= 11 is 3.48. The molecule has 4 nitrogen and oxygen atoms in total. The van der Waals surface area contributed by atoms with Gasteiger partial charge in [-0.05, 0) is 35.8 Å². The molecule has 1 aromatic rings. The Morgan fingerprint density at radius 1 is 1.57 bits per heavy atom. The first-order chi connectivity index (χ1) is 6.66. The fourth-order valence-corrected chi connectivity index (χ4v) is 1.64. The first kappa shape index (κ1) is 11.7. The van der Waals surface area contributed by atoms with Gasteiger partial charge in [0.05, 0.1) is 22.5 Å². The first-order valence-corrected chi connectivity index (χ1v) is 5.42. The number of hydrogen-bond acceptors (Lipinski definition) is 3. The maximum atomic E-state index is 5.46. The van der Waals surface area contributed by atoms with E-state index in [9.17, 15) is 0 Å². The number of nitrogens with two attached hydrogens (primary N) is 1. The van der Waals surface area contributed by atoms with Crippen LogP contribution in [0, 0.1) is 6.92 Å². The predicted molar refractivity (Wildman–Crippen MR) is 59.0 cm³/mol. The Morgan fingerprint density at radius 2 is 2.29 bits per heavy atom. The third kappa shape index (κ3) is 2.80. The molecule has 0 aliphatic rings. The Balaban J connectivity index is 2.49. The van der Waals surface area contributed by atoms with Crippen molar-refractivity contribution < 1.29 is 4.74 Å². The Morgan fingerprint density at radius 3 is 2.79 bits per heavy atom. The number of aromatic nitrogens is 2. The van der Waals surface area contributed by atoms with Crippen molar-refractivity contribution in [2.24, 2.45) is 12.8 Å². The molecule has 5 heteroatoms. The first-order valence-electron chi connectivity index (χ1n) is 4.62. The number of halogens is 1. The van der Waals surface area contributed by atoms with E-state index in [1.54, 1.807) is 0 Å². The molecule has 1 rings (SSSR count). The molecule has 0 radical (unpaired) electrons. The Kier molecular flexibility index (Phi) is 4.57. The molecule has 14 heavy (non-hydrogen) atoms. The predicted octanol–water partition coefficient (Wildman–Crippen LogP) is 1.36. The van der Waals surface area contributed by atoms with Crippen LogP contribution in [0.3, 0.4) is 0 Å². The fourth-order valence-electron chi connectivity index (χ4n) is 1.19. The molecule has 0 atom stereocenters. The second-order valence-electron chi connectivity index (χ2n) is 3.16. The largest absolute Gasteiger partial charge is 0.375 e. The van der Waals surface area contributed by atoms with Gasteiger partial charge in [-0.15, -0.1) is 0 Å². The van der Waals surface area contributed by atoms with Gasteiger partial charge in [0.1, 0.15) is 0 Å². The number of aryl methyl sites for hydroxylation is 2. The summed E-state index contributed by atoms with van der Waals surface area (Å²) in [6, 6.07) is 0. The van der Waals surface area contributed by atoms with E-state index in [4.69, 9.17) is 10.5 Å². The van der Waals surface area contributed by atoms with E-state index in [0.717, 1.165) is 22.3 Å². The molecule has 0 bridgehead atoms. The van der Waals surface area contributed by atoms with Gasteiger partial charge in [-0.25, -0.2) is 0 Å². The van der Waals surface area contributed by atoms with Crippen LogP contribution in [-0.2, 0) is 18.4 Å². The molecule has 2 N–H and O–H groups in total. The summed E-state index contributed by atoms with van der Waals surface area (Å²) in [4.78, 5) is 0. The van der Waals surface area contributed by atoms with E-state index in [2.05, 4.69) is 21.0 Å². The molecule has 0 aliphatic carbocycles. The standard InChI is InChI=1S/C9H16BrN3O/c1-7-9(10)8(13(2)12-7)6-14-5-3-4-11/h3-6,11H2,1-2H3. The lowest BCUT2D eigenvalue weighted by molar-refractivity contribution is 0.114. The zero-order valence-corrected chi connectivity index (χ0v) is 10.2. The highest BCUT2D eigenvalue weighted by atomic mass is 79.9. The average Bonchev–Trinajstić information content (AvgIpc) is 2.38. The minimum atomic E-state index is 0.581. The highest BCUT2D eigenvalue weighted by Crippen LogP contribution is 2.20. The Labute approximate surface area is 92.5 Å². The molecule has 0 aromatic carbocycles. The highest BCUT2D eigenvalue weighted by Gasteiger charge is 2.09. The van der Waals surface area contributed by atoms with E-state index < -0.39 is 0 Å². The second-order valence-corrected chi connectivity index (χ2v) is 3.96. The van der Waals surface area contributed by atoms with E-state index in [1.165, 1.54) is 0 Å². The van der Waals surface area contributed by atoms with E-state index in [1.807, 2.05) is 18.7 Å². The van der Waals surface area contributed by atoms with Crippen molar-refractivity contribution in [3.63, 3.8) is 0 Å². The minimum absolute atomic E-state index is 0.581. The smallest absolute Gasteiger partial charge is 0.0896 e. The third-order valence-corrected chi connectivity index (χ3v) is 3.02. The van der Waals surface area contributed by atoms with Crippen LogP contribution in [0.25, 0.3) is 0 Å². The summed E-state index contributed by atoms with van der Waals surface area (Å²) in [5, 5.41) is 4.27. The molecule has 0 unspecified atom stereocenters. The molecule has 0 amide bonds. The number of rotatable bonds is 5. The third-order valence-electron chi connectivity index (χ3n) is 1.99. The van der Waals surface area contributed by atoms with Crippen molar-refractivity contribution in [1.29, 1.82) is 0 Å². The molecule has 0 aliphatic heterocycles. The van der Waals surface area contributed by atoms with Gasteiger partial charge in [-0.1, -0.05) is 0 Å². The molecule has 1 heterocycles. The van der Waals surface area contributed by atoms with Crippen LogP contribution < -0.4 is 5.73 Å². The van der Waals surface area contributed by atoms with Gasteiger partial charge in [0.25, 0.3) is 0 Å². The summed E-state index contributed by atoms with van der Waals surface area (Å²) in [6.45, 7) is 3.92. The van der Waals surface area contributed by atoms with Crippen molar-refractivity contribution in [2.75, 3.05) is 13.2 Å². The SMILES string of the molecule is Cc1nn(C)c(COCCCN)c1Br. The van der Waals surface area contributed by atoms with Crippen LogP contribution in [0.5, 0.6) is 0 Å². The van der Waals surface area contributed by atoms with E-state index in [0.29, 0.717) is 19.8 Å². The number of ether oxygens (including phenoxy) is 1. The van der Waals surface area contributed by atoms with Gasteiger partial charge >= 0.3 is 0 Å². The van der Waals surface area contributed by atoms with Crippen molar-refractivity contribution in [2.45, 2.75) is 20.0 Å². The Bertz CT molecular complexity index is 298. The van der Waals surface area contributed by atoms with Gasteiger partial charge in [0.15, 0.2) is 0 Å². The quantitative estimate of drug-likeness (QED) is 0.815. The molecule has 0 saturated heterocycles. The Hall–Kier alpha value is -0.390. The van der Waals surface area contributed by atoms with Crippen molar-refractivity contribution in [1.82, 2.24) is 9.78 Å². The molecule has 0 fully saturated rings. The normalized spacial score (nSPS) is 10.9. The molecular weight excluding hydrogens is 246 g/mol. The van der Waals surface area contributed by atoms with E-state index in [-0.39, 0.29) is 0 Å². The lowest BCUT2D eigenvalue weighted by Gasteiger charge is -2.04. The van der Waals surface area contributed by atoms with Gasteiger partial charge in [0, 0.05) is 13.7 Å². The van der Waals surface area contributed by atoms with Gasteiger partial charge in [-0.3, -0.25) is 4.68 Å². The van der Waals surface area contributed by atoms with Crippen molar-refractivity contribution >= 4 is 15.9 Å². The summed E-state index contributed by atoms with van der Waals surface area (Å²) in [7, 11) is 1.92. The van der Waals surface area contributed by atoms with Crippen LogP contribution in [-0.4, -0.2) is 22.9 Å². The summed E-state index contributed by atoms with van der Waals surface area (Å²) in [6.07, 6.45) is 0.897. The topological polar surface area (TPSA) is 53.1 Å². The second kappa shape index (κ2) is 5.48. The maximum Gasteiger partial charge on any atom is 0.0896 e. The number of nitrogens with zero attached hydrogens (tertiary/aromatic N) is 2. The molecule has 80 valence electrons. The van der Waals surface area contributed by atoms with Gasteiger partial charge in [0.2, 0.25) is 0 Å². The molecule has 0 spiro atoms. The summed E-state index contributed by atoms with van der Waals surface area (Å²) in [5.74, 6) is 0. The van der Waals surface area contributed by atoms with Crippen molar-refractivity contribution in [3.8, 4) is 0 Å². The summed E-state index contributed by atoms with van der Waals surface area (Å²) < 4.78 is 8.33. The van der Waals surface area contributed by atoms with Crippen LogP contribution >= 0.6 is 15.9 Å². The van der Waals surface area contributed by atoms with Crippen LogP contribution in [0.4, 0.5) is 0 Å². The van der Waals surface area contributed by atoms with Gasteiger partial charge < -0.3 is 10.5 Å². The van der Waals surface area contributed by atoms with Gasteiger partial charge in [-0.2, -0.15) is 5.10 Å². The van der Waals surface area contributed by atoms with Crippen LogP contribution in [0.2, 0.25) is 0 Å². The zero-order chi connectivity index (χ0) is 10.6. The average molecular weight is 262 g/mol. The van der Waals surface area contributed by atoms with Crippen molar-refractivity contribution in [3.05, 3.63) is 15.9 Å².